The molecule has 2 unspecified atom stereocenters. The van der Waals surface area contributed by atoms with Crippen LogP contribution in [-0.2, 0) is 0 Å². The van der Waals surface area contributed by atoms with Gasteiger partial charge in [0.1, 0.15) is 0 Å². The van der Waals surface area contributed by atoms with Gasteiger partial charge in [0.15, 0.2) is 0 Å². The molecule has 2 nitrogen and oxygen atoms in total. The summed E-state index contributed by atoms with van der Waals surface area (Å²) in [6.45, 7) is 10.8. The van der Waals surface area contributed by atoms with Crippen molar-refractivity contribution >= 4 is 0 Å². The summed E-state index contributed by atoms with van der Waals surface area (Å²) in [5.74, 6) is 0.850. The highest BCUT2D eigenvalue weighted by Crippen LogP contribution is 2.37. The average molecular weight is 224 g/mol. The number of nitrogens with zero attached hydrogens (tertiary/aromatic N) is 1. The first-order valence-electron chi connectivity index (χ1n) is 7.15. The third-order valence-electron chi connectivity index (χ3n) is 4.71. The third-order valence-corrected chi connectivity index (χ3v) is 4.71. The van der Waals surface area contributed by atoms with Crippen LogP contribution in [0.15, 0.2) is 0 Å². The summed E-state index contributed by atoms with van der Waals surface area (Å²) in [5, 5.41) is 3.69. The first-order chi connectivity index (χ1) is 7.66. The first kappa shape index (κ1) is 12.4. The summed E-state index contributed by atoms with van der Waals surface area (Å²) in [4.78, 5) is 2.81. The largest absolute Gasteiger partial charge is 0.311 e. The number of piperazine rings is 1. The minimum absolute atomic E-state index is 0.524. The van der Waals surface area contributed by atoms with Crippen LogP contribution in [0.4, 0.5) is 0 Å². The molecule has 0 radical (unpaired) electrons. The molecule has 2 fully saturated rings. The van der Waals surface area contributed by atoms with E-state index in [2.05, 4.69) is 31.0 Å². The van der Waals surface area contributed by atoms with E-state index in [-0.39, 0.29) is 0 Å². The summed E-state index contributed by atoms with van der Waals surface area (Å²) < 4.78 is 0. The van der Waals surface area contributed by atoms with Crippen LogP contribution in [0.5, 0.6) is 0 Å². The lowest BCUT2D eigenvalue weighted by Crippen LogP contribution is -2.63. The Hall–Kier alpha value is -0.0800. The van der Waals surface area contributed by atoms with Gasteiger partial charge in [-0.3, -0.25) is 4.90 Å². The Morgan fingerprint density at radius 2 is 2.06 bits per heavy atom. The van der Waals surface area contributed by atoms with Crippen molar-refractivity contribution in [2.24, 2.45) is 5.92 Å². The molecule has 0 amide bonds. The second kappa shape index (κ2) is 5.05. The molecule has 1 heterocycles. The fourth-order valence-corrected chi connectivity index (χ4v) is 3.36. The van der Waals surface area contributed by atoms with Crippen LogP contribution in [0.1, 0.15) is 52.9 Å². The summed E-state index contributed by atoms with van der Waals surface area (Å²) in [6.07, 6.45) is 7.03. The van der Waals surface area contributed by atoms with Gasteiger partial charge in [0.25, 0.3) is 0 Å². The summed E-state index contributed by atoms with van der Waals surface area (Å²) in [6, 6.07) is 0.676. The quantitative estimate of drug-likeness (QED) is 0.793. The Kier molecular flexibility index (Phi) is 3.91. The second-order valence-corrected chi connectivity index (χ2v) is 6.13. The monoisotopic (exact) mass is 224 g/mol. The summed E-state index contributed by atoms with van der Waals surface area (Å²) in [5.41, 5.74) is 0.524. The maximum Gasteiger partial charge on any atom is 0.0334 e. The van der Waals surface area contributed by atoms with E-state index < -0.39 is 0 Å². The molecule has 16 heavy (non-hydrogen) atoms. The fraction of sp³-hybridized carbons (Fsp3) is 1.00. The topological polar surface area (TPSA) is 15.3 Å². The molecule has 2 aliphatic rings. The maximum atomic E-state index is 3.69. The highest BCUT2D eigenvalue weighted by atomic mass is 15.3. The van der Waals surface area contributed by atoms with Gasteiger partial charge in [-0.2, -0.15) is 0 Å². The second-order valence-electron chi connectivity index (χ2n) is 6.13. The Morgan fingerprint density at radius 3 is 2.69 bits per heavy atom. The molecule has 1 saturated heterocycles. The van der Waals surface area contributed by atoms with Crippen LogP contribution in [0, 0.1) is 5.92 Å². The van der Waals surface area contributed by atoms with Crippen LogP contribution in [0.2, 0.25) is 0 Å². The zero-order valence-corrected chi connectivity index (χ0v) is 11.3. The van der Waals surface area contributed by atoms with Crippen LogP contribution in [-0.4, -0.2) is 36.1 Å². The molecule has 1 aliphatic heterocycles. The van der Waals surface area contributed by atoms with Crippen molar-refractivity contribution in [1.29, 1.82) is 0 Å². The molecule has 1 saturated carbocycles. The van der Waals surface area contributed by atoms with Crippen molar-refractivity contribution in [2.75, 3.05) is 19.6 Å². The van der Waals surface area contributed by atoms with Gasteiger partial charge in [0.05, 0.1) is 0 Å². The number of rotatable bonds is 3. The number of nitrogens with one attached hydrogen (secondary N) is 1. The standard InChI is InChI=1S/C14H28N2/c1-4-12(2)9-16-10-13(3)15-11-14(16)7-5-6-8-14/h12-13,15H,4-11H2,1-3H3. The predicted octanol–water partition coefficient (Wildman–Crippen LogP) is 2.64. The molecule has 1 aliphatic carbocycles. The van der Waals surface area contributed by atoms with Gasteiger partial charge in [0.2, 0.25) is 0 Å². The van der Waals surface area contributed by atoms with E-state index in [9.17, 15) is 0 Å². The van der Waals surface area contributed by atoms with Crippen LogP contribution in [0.25, 0.3) is 0 Å². The zero-order valence-electron chi connectivity index (χ0n) is 11.3. The van der Waals surface area contributed by atoms with Gasteiger partial charge in [-0.15, -0.1) is 0 Å². The molecule has 2 rings (SSSR count). The molecule has 94 valence electrons. The average Bonchev–Trinajstić information content (AvgIpc) is 2.73. The smallest absolute Gasteiger partial charge is 0.0334 e. The molecule has 1 spiro atoms. The molecular formula is C14H28N2. The molecule has 2 atom stereocenters. The molecule has 2 heteroatoms. The van der Waals surface area contributed by atoms with Crippen molar-refractivity contribution < 1.29 is 0 Å². The van der Waals surface area contributed by atoms with Crippen molar-refractivity contribution in [1.82, 2.24) is 10.2 Å². The Balaban J connectivity index is 2.03. The summed E-state index contributed by atoms with van der Waals surface area (Å²) in [7, 11) is 0. The van der Waals surface area contributed by atoms with Crippen molar-refractivity contribution in [2.45, 2.75) is 64.5 Å². The van der Waals surface area contributed by atoms with Crippen molar-refractivity contribution in [3.05, 3.63) is 0 Å². The normalized spacial score (nSPS) is 32.1. The lowest BCUT2D eigenvalue weighted by atomic mass is 9.89. The van der Waals surface area contributed by atoms with E-state index in [4.69, 9.17) is 0 Å². The number of hydrogen-bond acceptors (Lipinski definition) is 2. The van der Waals surface area contributed by atoms with Gasteiger partial charge in [-0.25, -0.2) is 0 Å². The number of hydrogen-bond donors (Lipinski definition) is 1. The lowest BCUT2D eigenvalue weighted by molar-refractivity contribution is 0.0341. The highest BCUT2D eigenvalue weighted by Gasteiger charge is 2.42. The van der Waals surface area contributed by atoms with Gasteiger partial charge in [-0.05, 0) is 25.7 Å². The first-order valence-corrected chi connectivity index (χ1v) is 7.15. The van der Waals surface area contributed by atoms with Crippen LogP contribution >= 0.6 is 0 Å². The van der Waals surface area contributed by atoms with Gasteiger partial charge >= 0.3 is 0 Å². The molecular weight excluding hydrogens is 196 g/mol. The van der Waals surface area contributed by atoms with E-state index in [0.717, 1.165) is 5.92 Å². The third kappa shape index (κ3) is 2.43. The minimum Gasteiger partial charge on any atom is -0.311 e. The van der Waals surface area contributed by atoms with Crippen molar-refractivity contribution in [3.63, 3.8) is 0 Å². The highest BCUT2D eigenvalue weighted by molar-refractivity contribution is 5.01. The SMILES string of the molecule is CCC(C)CN1CC(C)NCC12CCCC2. The predicted molar refractivity (Wildman–Crippen MR) is 69.7 cm³/mol. The Labute approximate surface area is 101 Å². The Bertz CT molecular complexity index is 221. The van der Waals surface area contributed by atoms with E-state index in [0.29, 0.717) is 11.6 Å². The van der Waals surface area contributed by atoms with E-state index in [1.807, 2.05) is 0 Å². The summed E-state index contributed by atoms with van der Waals surface area (Å²) >= 11 is 0. The molecule has 0 aromatic carbocycles. The fourth-order valence-electron chi connectivity index (χ4n) is 3.36. The molecule has 0 aromatic rings. The zero-order chi connectivity index (χ0) is 11.6. The van der Waals surface area contributed by atoms with E-state index in [1.54, 1.807) is 0 Å². The van der Waals surface area contributed by atoms with E-state index in [1.165, 1.54) is 51.7 Å². The van der Waals surface area contributed by atoms with E-state index >= 15 is 0 Å². The van der Waals surface area contributed by atoms with Gasteiger partial charge in [-0.1, -0.05) is 33.1 Å². The van der Waals surface area contributed by atoms with Gasteiger partial charge < -0.3 is 5.32 Å². The Morgan fingerprint density at radius 1 is 1.38 bits per heavy atom. The van der Waals surface area contributed by atoms with Crippen LogP contribution in [0.3, 0.4) is 0 Å². The van der Waals surface area contributed by atoms with Gasteiger partial charge in [0, 0.05) is 31.2 Å². The van der Waals surface area contributed by atoms with Crippen LogP contribution < -0.4 is 5.32 Å². The molecule has 0 aromatic heterocycles. The minimum atomic E-state index is 0.524. The maximum absolute atomic E-state index is 3.69. The van der Waals surface area contributed by atoms with Crippen molar-refractivity contribution in [3.8, 4) is 0 Å². The molecule has 0 bridgehead atoms. The molecule has 1 N–H and O–H groups in total. The lowest BCUT2D eigenvalue weighted by Gasteiger charge is -2.48.